The van der Waals surface area contributed by atoms with Crippen molar-refractivity contribution in [2.75, 3.05) is 12.3 Å². The van der Waals surface area contributed by atoms with E-state index < -0.39 is 30.9 Å². The molecule has 2 aromatic rings. The summed E-state index contributed by atoms with van der Waals surface area (Å²) >= 11 is 1.06. The maximum atomic E-state index is 13.1. The van der Waals surface area contributed by atoms with E-state index in [1.165, 1.54) is 18.2 Å². The number of rotatable bonds is 8. The van der Waals surface area contributed by atoms with Crippen LogP contribution in [0.25, 0.3) is 0 Å². The average Bonchev–Trinajstić information content (AvgIpc) is 3.04. The van der Waals surface area contributed by atoms with Crippen LogP contribution < -0.4 is 4.72 Å². The zero-order chi connectivity index (χ0) is 17.8. The van der Waals surface area contributed by atoms with E-state index >= 15 is 0 Å². The van der Waals surface area contributed by atoms with Gasteiger partial charge in [-0.2, -0.15) is 0 Å². The SMILES string of the molecule is CCCS(=O)(=O)NC[C@H](c1ccc(F)cc1)S(=O)(=O)c1cccs1. The number of sulfonamides is 1. The molecule has 9 heteroatoms. The van der Waals surface area contributed by atoms with Gasteiger partial charge < -0.3 is 0 Å². The van der Waals surface area contributed by atoms with Crippen molar-refractivity contribution in [2.45, 2.75) is 22.8 Å². The first-order valence-corrected chi connectivity index (χ1v) is 11.3. The number of nitrogens with one attached hydrogen (secondary N) is 1. The molecule has 0 aliphatic heterocycles. The van der Waals surface area contributed by atoms with E-state index in [1.807, 2.05) is 0 Å². The van der Waals surface area contributed by atoms with Crippen LogP contribution in [0.1, 0.15) is 24.2 Å². The minimum absolute atomic E-state index is 0.0812. The topological polar surface area (TPSA) is 80.3 Å². The summed E-state index contributed by atoms with van der Waals surface area (Å²) in [7, 11) is -7.35. The van der Waals surface area contributed by atoms with E-state index in [1.54, 1.807) is 18.4 Å². The molecule has 1 atom stereocenters. The van der Waals surface area contributed by atoms with Gasteiger partial charge in [0.2, 0.25) is 10.0 Å². The fourth-order valence-electron chi connectivity index (χ4n) is 2.19. The standard InChI is InChI=1S/C15H18FNO4S3/c1-2-10-23(18,19)17-11-14(12-5-7-13(16)8-6-12)24(20,21)15-4-3-9-22-15/h3-9,14,17H,2,10-11H2,1H3/t14-/m1/s1. The molecule has 0 saturated carbocycles. The van der Waals surface area contributed by atoms with Crippen molar-refractivity contribution in [1.29, 1.82) is 0 Å². The fraction of sp³-hybridized carbons (Fsp3) is 0.333. The molecule has 1 aromatic heterocycles. The normalized spacial score (nSPS) is 13.8. The van der Waals surface area contributed by atoms with Gasteiger partial charge in [0.25, 0.3) is 0 Å². The van der Waals surface area contributed by atoms with Gasteiger partial charge in [-0.3, -0.25) is 0 Å². The number of thiophene rings is 1. The number of benzene rings is 1. The molecular weight excluding hydrogens is 373 g/mol. The number of hydrogen-bond acceptors (Lipinski definition) is 5. The molecule has 0 bridgehead atoms. The quantitative estimate of drug-likeness (QED) is 0.750. The van der Waals surface area contributed by atoms with Crippen molar-refractivity contribution in [1.82, 2.24) is 4.72 Å². The lowest BCUT2D eigenvalue weighted by Crippen LogP contribution is -2.33. The van der Waals surface area contributed by atoms with Crippen LogP contribution in [0.2, 0.25) is 0 Å². The van der Waals surface area contributed by atoms with Crippen LogP contribution in [0, 0.1) is 5.82 Å². The molecular formula is C15H18FNO4S3. The van der Waals surface area contributed by atoms with Crippen molar-refractivity contribution in [3.05, 3.63) is 53.2 Å². The van der Waals surface area contributed by atoms with Gasteiger partial charge >= 0.3 is 0 Å². The maximum Gasteiger partial charge on any atom is 0.211 e. The molecule has 1 aromatic carbocycles. The van der Waals surface area contributed by atoms with Crippen LogP contribution in [0.5, 0.6) is 0 Å². The lowest BCUT2D eigenvalue weighted by molar-refractivity contribution is 0.568. The van der Waals surface area contributed by atoms with Gasteiger partial charge in [-0.1, -0.05) is 25.1 Å². The van der Waals surface area contributed by atoms with Gasteiger partial charge in [-0.05, 0) is 35.6 Å². The molecule has 0 aliphatic carbocycles. The van der Waals surface area contributed by atoms with E-state index in [9.17, 15) is 21.2 Å². The van der Waals surface area contributed by atoms with Crippen LogP contribution in [-0.4, -0.2) is 29.1 Å². The Hall–Kier alpha value is -1.29. The van der Waals surface area contributed by atoms with E-state index in [0.717, 1.165) is 23.5 Å². The molecule has 132 valence electrons. The Morgan fingerprint density at radius 1 is 1.12 bits per heavy atom. The summed E-state index contributed by atoms with van der Waals surface area (Å²) in [6.45, 7) is 1.42. The van der Waals surface area contributed by atoms with Crippen molar-refractivity contribution in [3.8, 4) is 0 Å². The smallest absolute Gasteiger partial charge is 0.211 e. The first-order chi connectivity index (χ1) is 11.3. The first kappa shape index (κ1) is 19.0. The molecule has 0 aliphatic rings. The number of halogens is 1. The Balaban J connectivity index is 2.37. The highest BCUT2D eigenvalue weighted by Gasteiger charge is 2.31. The van der Waals surface area contributed by atoms with Crippen LogP contribution in [0.4, 0.5) is 4.39 Å². The second-order valence-electron chi connectivity index (χ2n) is 5.18. The molecule has 0 saturated heterocycles. The van der Waals surface area contributed by atoms with Gasteiger partial charge in [-0.15, -0.1) is 11.3 Å². The maximum absolute atomic E-state index is 13.1. The third-order valence-electron chi connectivity index (χ3n) is 3.35. The third-order valence-corrected chi connectivity index (χ3v) is 8.44. The summed E-state index contributed by atoms with van der Waals surface area (Å²) in [4.78, 5) is 0. The highest BCUT2D eigenvalue weighted by molar-refractivity contribution is 7.93. The highest BCUT2D eigenvalue weighted by Crippen LogP contribution is 2.31. The predicted octanol–water partition coefficient (Wildman–Crippen LogP) is 2.73. The van der Waals surface area contributed by atoms with Gasteiger partial charge in [0, 0.05) is 6.54 Å². The van der Waals surface area contributed by atoms with Gasteiger partial charge in [0.1, 0.15) is 15.3 Å². The van der Waals surface area contributed by atoms with Gasteiger partial charge in [0.05, 0.1) is 5.75 Å². The molecule has 0 fully saturated rings. The minimum Gasteiger partial charge on any atom is -0.222 e. The summed E-state index contributed by atoms with van der Waals surface area (Å²) in [5.41, 5.74) is 0.337. The monoisotopic (exact) mass is 391 g/mol. The van der Waals surface area contributed by atoms with Crippen molar-refractivity contribution in [2.24, 2.45) is 0 Å². The summed E-state index contributed by atoms with van der Waals surface area (Å²) < 4.78 is 65.0. The minimum atomic E-state index is -3.79. The average molecular weight is 392 g/mol. The zero-order valence-corrected chi connectivity index (χ0v) is 15.4. The van der Waals surface area contributed by atoms with E-state index in [0.29, 0.717) is 12.0 Å². The molecule has 0 spiro atoms. The lowest BCUT2D eigenvalue weighted by atomic mass is 10.1. The van der Waals surface area contributed by atoms with Crippen molar-refractivity contribution in [3.63, 3.8) is 0 Å². The second kappa shape index (κ2) is 7.73. The lowest BCUT2D eigenvalue weighted by Gasteiger charge is -2.18. The summed E-state index contributed by atoms with van der Waals surface area (Å²) in [6.07, 6.45) is 0.425. The molecule has 1 heterocycles. The van der Waals surface area contributed by atoms with Crippen LogP contribution >= 0.6 is 11.3 Å². The van der Waals surface area contributed by atoms with E-state index in [2.05, 4.69) is 4.72 Å². The molecule has 0 radical (unpaired) electrons. The Morgan fingerprint density at radius 3 is 2.33 bits per heavy atom. The third kappa shape index (κ3) is 4.62. The van der Waals surface area contributed by atoms with Crippen LogP contribution in [-0.2, 0) is 19.9 Å². The van der Waals surface area contributed by atoms with E-state index in [-0.39, 0.29) is 16.5 Å². The zero-order valence-electron chi connectivity index (χ0n) is 13.0. The molecule has 1 N–H and O–H groups in total. The largest absolute Gasteiger partial charge is 0.222 e. The first-order valence-electron chi connectivity index (χ1n) is 7.26. The van der Waals surface area contributed by atoms with Gasteiger partial charge in [-0.25, -0.2) is 25.9 Å². The summed E-state index contributed by atoms with van der Waals surface area (Å²) in [5.74, 6) is -0.570. The molecule has 0 unspecified atom stereocenters. The van der Waals surface area contributed by atoms with Crippen LogP contribution in [0.15, 0.2) is 46.0 Å². The summed E-state index contributed by atoms with van der Waals surface area (Å²) in [6, 6.07) is 8.12. The van der Waals surface area contributed by atoms with Crippen LogP contribution in [0.3, 0.4) is 0 Å². The molecule has 24 heavy (non-hydrogen) atoms. The second-order valence-corrected chi connectivity index (χ2v) is 10.4. The Labute approximate surface area is 145 Å². The Kier molecular flexibility index (Phi) is 6.13. The summed E-state index contributed by atoms with van der Waals surface area (Å²) in [5, 5.41) is 0.513. The fourth-order valence-corrected chi connectivity index (χ4v) is 6.27. The van der Waals surface area contributed by atoms with Crippen molar-refractivity contribution < 1.29 is 21.2 Å². The van der Waals surface area contributed by atoms with Crippen molar-refractivity contribution >= 4 is 31.2 Å². The molecule has 2 rings (SSSR count). The molecule has 0 amide bonds. The Bertz CT molecular complexity index is 860. The van der Waals surface area contributed by atoms with E-state index in [4.69, 9.17) is 0 Å². The number of sulfone groups is 1. The number of hydrogen-bond donors (Lipinski definition) is 1. The van der Waals surface area contributed by atoms with Gasteiger partial charge in [0.15, 0.2) is 9.84 Å². The Morgan fingerprint density at radius 2 is 1.79 bits per heavy atom. The molecule has 5 nitrogen and oxygen atoms in total. The highest BCUT2D eigenvalue weighted by atomic mass is 32.2. The predicted molar refractivity (Wildman–Crippen MR) is 92.7 cm³/mol.